The molecule has 1 rings (SSSR count). The molecule has 3 heteroatoms. The van der Waals surface area contributed by atoms with Gasteiger partial charge < -0.3 is 15.3 Å². The van der Waals surface area contributed by atoms with Crippen molar-refractivity contribution in [1.82, 2.24) is 0 Å². The van der Waals surface area contributed by atoms with Crippen molar-refractivity contribution in [2.45, 2.75) is 6.92 Å². The summed E-state index contributed by atoms with van der Waals surface area (Å²) in [5.74, 6) is 0.181. The van der Waals surface area contributed by atoms with E-state index in [0.717, 1.165) is 5.57 Å². The summed E-state index contributed by atoms with van der Waals surface area (Å²) in [7, 11) is 0. The van der Waals surface area contributed by atoms with Gasteiger partial charge in [0, 0.05) is 5.56 Å². The topological polar surface area (TPSA) is 60.7 Å². The molecule has 13 heavy (non-hydrogen) atoms. The Bertz CT molecular complexity index is 329. The molecule has 3 N–H and O–H groups in total. The zero-order chi connectivity index (χ0) is 9.84. The molecule has 70 valence electrons. The Labute approximate surface area is 76.6 Å². The van der Waals surface area contributed by atoms with Crippen molar-refractivity contribution >= 4 is 6.08 Å². The largest absolute Gasteiger partial charge is 0.508 e. The van der Waals surface area contributed by atoms with Crippen LogP contribution in [0.5, 0.6) is 11.5 Å². The summed E-state index contributed by atoms with van der Waals surface area (Å²) >= 11 is 0. The minimum absolute atomic E-state index is 0.0604. The van der Waals surface area contributed by atoms with Gasteiger partial charge in [0.05, 0.1) is 6.61 Å². The first kappa shape index (κ1) is 9.61. The minimum atomic E-state index is -0.0604. The van der Waals surface area contributed by atoms with Crippen LogP contribution < -0.4 is 0 Å². The van der Waals surface area contributed by atoms with E-state index < -0.39 is 0 Å². The molecule has 0 saturated carbocycles. The number of rotatable bonds is 2. The van der Waals surface area contributed by atoms with Gasteiger partial charge in [-0.05, 0) is 36.8 Å². The highest BCUT2D eigenvalue weighted by Crippen LogP contribution is 2.24. The number of aliphatic hydroxyl groups is 1. The number of hydrogen-bond donors (Lipinski definition) is 3. The van der Waals surface area contributed by atoms with Gasteiger partial charge in [-0.3, -0.25) is 0 Å². The quantitative estimate of drug-likeness (QED) is 0.604. The van der Waals surface area contributed by atoms with Crippen LogP contribution in [0.15, 0.2) is 23.8 Å². The second-order valence-electron chi connectivity index (χ2n) is 2.89. The Kier molecular flexibility index (Phi) is 2.93. The molecule has 0 aliphatic rings. The van der Waals surface area contributed by atoms with E-state index in [1.165, 1.54) is 18.2 Å². The molecule has 1 aromatic rings. The van der Waals surface area contributed by atoms with Gasteiger partial charge >= 0.3 is 0 Å². The normalized spacial score (nSPS) is 11.7. The maximum Gasteiger partial charge on any atom is 0.123 e. The van der Waals surface area contributed by atoms with Crippen LogP contribution in [0.3, 0.4) is 0 Å². The smallest absolute Gasteiger partial charge is 0.123 e. The molecule has 0 fully saturated rings. The van der Waals surface area contributed by atoms with E-state index in [4.69, 9.17) is 10.2 Å². The standard InChI is InChI=1S/C10H12O3/c1-7(6-11)4-8-5-9(12)2-3-10(8)13/h2-5,11-13H,6H2,1H3. The van der Waals surface area contributed by atoms with Crippen LogP contribution in [0.25, 0.3) is 6.08 Å². The Morgan fingerprint density at radius 3 is 2.69 bits per heavy atom. The van der Waals surface area contributed by atoms with Gasteiger partial charge in [-0.15, -0.1) is 0 Å². The van der Waals surface area contributed by atoms with Crippen molar-refractivity contribution in [3.05, 3.63) is 29.3 Å². The van der Waals surface area contributed by atoms with E-state index in [9.17, 15) is 5.11 Å². The van der Waals surface area contributed by atoms with Crippen molar-refractivity contribution < 1.29 is 15.3 Å². The predicted molar refractivity (Wildman–Crippen MR) is 50.5 cm³/mol. The monoisotopic (exact) mass is 180 g/mol. The van der Waals surface area contributed by atoms with E-state index in [2.05, 4.69) is 0 Å². The lowest BCUT2D eigenvalue weighted by Gasteiger charge is -2.01. The number of hydrogen-bond acceptors (Lipinski definition) is 3. The molecule has 1 aromatic carbocycles. The maximum atomic E-state index is 9.34. The lowest BCUT2D eigenvalue weighted by molar-refractivity contribution is 0.332. The Morgan fingerprint density at radius 1 is 1.38 bits per heavy atom. The summed E-state index contributed by atoms with van der Waals surface area (Å²) in [4.78, 5) is 0. The van der Waals surface area contributed by atoms with Gasteiger partial charge in [0.25, 0.3) is 0 Å². The maximum absolute atomic E-state index is 9.34. The zero-order valence-corrected chi connectivity index (χ0v) is 7.36. The van der Waals surface area contributed by atoms with Gasteiger partial charge in [0.15, 0.2) is 0 Å². The van der Waals surface area contributed by atoms with E-state index >= 15 is 0 Å². The van der Waals surface area contributed by atoms with E-state index in [1.807, 2.05) is 0 Å². The van der Waals surface area contributed by atoms with Crippen LogP contribution in [-0.2, 0) is 0 Å². The van der Waals surface area contributed by atoms with Gasteiger partial charge in [-0.25, -0.2) is 0 Å². The van der Waals surface area contributed by atoms with Crippen molar-refractivity contribution in [1.29, 1.82) is 0 Å². The third-order valence-electron chi connectivity index (χ3n) is 1.66. The van der Waals surface area contributed by atoms with Gasteiger partial charge in [-0.1, -0.05) is 0 Å². The molecule has 0 atom stereocenters. The second kappa shape index (κ2) is 3.96. The average molecular weight is 180 g/mol. The molecule has 0 spiro atoms. The van der Waals surface area contributed by atoms with Crippen LogP contribution in [0, 0.1) is 0 Å². The molecule has 3 nitrogen and oxygen atoms in total. The van der Waals surface area contributed by atoms with Crippen molar-refractivity contribution in [2.75, 3.05) is 6.61 Å². The number of aromatic hydroxyl groups is 2. The Balaban J connectivity index is 3.07. The fraction of sp³-hybridized carbons (Fsp3) is 0.200. The van der Waals surface area contributed by atoms with Crippen LogP contribution in [0.2, 0.25) is 0 Å². The van der Waals surface area contributed by atoms with E-state index in [1.54, 1.807) is 13.0 Å². The highest BCUT2D eigenvalue weighted by atomic mass is 16.3. The summed E-state index contributed by atoms with van der Waals surface area (Å²) in [5.41, 5.74) is 1.23. The second-order valence-corrected chi connectivity index (χ2v) is 2.89. The molecular weight excluding hydrogens is 168 g/mol. The molecule has 0 unspecified atom stereocenters. The Morgan fingerprint density at radius 2 is 2.08 bits per heavy atom. The average Bonchev–Trinajstić information content (AvgIpc) is 2.11. The lowest BCUT2D eigenvalue weighted by atomic mass is 10.1. The van der Waals surface area contributed by atoms with Crippen LogP contribution in [0.1, 0.15) is 12.5 Å². The van der Waals surface area contributed by atoms with Crippen molar-refractivity contribution in [2.24, 2.45) is 0 Å². The first-order valence-corrected chi connectivity index (χ1v) is 3.93. The summed E-state index contributed by atoms with van der Waals surface area (Å²) in [6.45, 7) is 1.68. The van der Waals surface area contributed by atoms with Gasteiger partial charge in [0.1, 0.15) is 11.5 Å². The van der Waals surface area contributed by atoms with Crippen molar-refractivity contribution in [3.8, 4) is 11.5 Å². The zero-order valence-electron chi connectivity index (χ0n) is 7.36. The first-order chi connectivity index (χ1) is 6.13. The van der Waals surface area contributed by atoms with Gasteiger partial charge in [0.2, 0.25) is 0 Å². The predicted octanol–water partition coefficient (Wildman–Crippen LogP) is 1.49. The van der Waals surface area contributed by atoms with Crippen LogP contribution in [0.4, 0.5) is 0 Å². The Hall–Kier alpha value is -1.48. The third-order valence-corrected chi connectivity index (χ3v) is 1.66. The molecule has 0 saturated heterocycles. The molecule has 0 aliphatic heterocycles. The molecule has 0 amide bonds. The molecule has 0 bridgehead atoms. The molecule has 0 radical (unpaired) electrons. The minimum Gasteiger partial charge on any atom is -0.508 e. The highest BCUT2D eigenvalue weighted by molar-refractivity contribution is 5.60. The SMILES string of the molecule is CC(=Cc1cc(O)ccc1O)CO. The van der Waals surface area contributed by atoms with E-state index in [-0.39, 0.29) is 18.1 Å². The lowest BCUT2D eigenvalue weighted by Crippen LogP contribution is -1.84. The fourth-order valence-corrected chi connectivity index (χ4v) is 0.969. The number of aliphatic hydroxyl groups excluding tert-OH is 1. The number of phenolic OH excluding ortho intramolecular Hbond substituents is 2. The first-order valence-electron chi connectivity index (χ1n) is 3.93. The summed E-state index contributed by atoms with van der Waals surface area (Å²) in [6, 6.07) is 4.25. The number of benzene rings is 1. The van der Waals surface area contributed by atoms with Crippen LogP contribution in [-0.4, -0.2) is 21.9 Å². The molecular formula is C10H12O3. The summed E-state index contributed by atoms with van der Waals surface area (Å²) in [5, 5.41) is 27.2. The van der Waals surface area contributed by atoms with Crippen molar-refractivity contribution in [3.63, 3.8) is 0 Å². The van der Waals surface area contributed by atoms with Crippen LogP contribution >= 0.6 is 0 Å². The molecule has 0 aliphatic carbocycles. The van der Waals surface area contributed by atoms with E-state index in [0.29, 0.717) is 5.56 Å². The summed E-state index contributed by atoms with van der Waals surface area (Å²) in [6.07, 6.45) is 1.62. The molecule has 0 heterocycles. The molecule has 0 aromatic heterocycles. The number of phenols is 2. The summed E-state index contributed by atoms with van der Waals surface area (Å²) < 4.78 is 0. The highest BCUT2D eigenvalue weighted by Gasteiger charge is 1.99. The third kappa shape index (κ3) is 2.49. The fourth-order valence-electron chi connectivity index (χ4n) is 0.969. The van der Waals surface area contributed by atoms with Gasteiger partial charge in [-0.2, -0.15) is 0 Å².